The van der Waals surface area contributed by atoms with Gasteiger partial charge in [0.05, 0.1) is 5.39 Å². The van der Waals surface area contributed by atoms with Crippen molar-refractivity contribution in [3.8, 4) is 0 Å². The number of thioether (sulfide) groups is 1. The average molecular weight is 359 g/mol. The quantitative estimate of drug-likeness (QED) is 0.840. The van der Waals surface area contributed by atoms with Crippen LogP contribution in [0.4, 0.5) is 5.82 Å². The lowest BCUT2D eigenvalue weighted by Crippen LogP contribution is -2.40. The van der Waals surface area contributed by atoms with Gasteiger partial charge in [-0.15, -0.1) is 0 Å². The highest BCUT2D eigenvalue weighted by atomic mass is 32.2. The summed E-state index contributed by atoms with van der Waals surface area (Å²) in [5.74, 6) is 4.07. The van der Waals surface area contributed by atoms with Gasteiger partial charge in [-0.1, -0.05) is 0 Å². The Morgan fingerprint density at radius 2 is 1.96 bits per heavy atom. The first-order valence-corrected chi connectivity index (χ1v) is 10.2. The molecule has 2 fully saturated rings. The van der Waals surface area contributed by atoms with Gasteiger partial charge < -0.3 is 14.4 Å². The Bertz CT molecular complexity index is 747. The molecule has 4 heterocycles. The molecule has 2 aliphatic rings. The number of piperidine rings is 1. The fraction of sp³-hybridized carbons (Fsp3) is 0.611. The third kappa shape index (κ3) is 3.47. The zero-order valence-electron chi connectivity index (χ0n) is 14.7. The van der Waals surface area contributed by atoms with Crippen LogP contribution in [0.15, 0.2) is 18.6 Å². The first-order valence-electron chi connectivity index (χ1n) is 9.09. The Morgan fingerprint density at radius 3 is 2.72 bits per heavy atom. The van der Waals surface area contributed by atoms with Crippen molar-refractivity contribution in [3.05, 3.63) is 18.6 Å². The molecule has 2 aromatic heterocycles. The fourth-order valence-electron chi connectivity index (χ4n) is 3.85. The second kappa shape index (κ2) is 7.23. The summed E-state index contributed by atoms with van der Waals surface area (Å²) in [4.78, 5) is 25.8. The van der Waals surface area contributed by atoms with Crippen molar-refractivity contribution in [2.75, 3.05) is 42.6 Å². The number of aromatic nitrogens is 3. The molecule has 0 bridgehead atoms. The number of rotatable bonds is 3. The van der Waals surface area contributed by atoms with Crippen LogP contribution >= 0.6 is 11.8 Å². The van der Waals surface area contributed by atoms with Crippen LogP contribution in [0.2, 0.25) is 0 Å². The SMILES string of the molecule is Cn1ccc2c(N3CCC(CC(=O)N4CCSCC4)CC3)ncnc21. The van der Waals surface area contributed by atoms with Crippen LogP contribution in [0, 0.1) is 5.92 Å². The molecule has 0 aliphatic carbocycles. The molecule has 0 unspecified atom stereocenters. The zero-order chi connectivity index (χ0) is 17.2. The third-order valence-electron chi connectivity index (χ3n) is 5.38. The van der Waals surface area contributed by atoms with Crippen molar-refractivity contribution < 1.29 is 4.79 Å². The molecule has 2 aromatic rings. The van der Waals surface area contributed by atoms with Crippen LogP contribution in [0.5, 0.6) is 0 Å². The number of anilines is 1. The summed E-state index contributed by atoms with van der Waals surface area (Å²) in [6.45, 7) is 3.79. The van der Waals surface area contributed by atoms with E-state index in [1.54, 1.807) is 6.33 Å². The largest absolute Gasteiger partial charge is 0.356 e. The normalized spacial score (nSPS) is 19.6. The second-order valence-electron chi connectivity index (χ2n) is 6.99. The molecule has 134 valence electrons. The summed E-state index contributed by atoms with van der Waals surface area (Å²) in [5.41, 5.74) is 0.977. The van der Waals surface area contributed by atoms with Gasteiger partial charge >= 0.3 is 0 Å². The molecule has 0 spiro atoms. The van der Waals surface area contributed by atoms with Crippen LogP contribution in [-0.4, -0.2) is 63.0 Å². The summed E-state index contributed by atoms with van der Waals surface area (Å²) < 4.78 is 2.03. The van der Waals surface area contributed by atoms with Gasteiger partial charge in [0.25, 0.3) is 0 Å². The summed E-state index contributed by atoms with van der Waals surface area (Å²) >= 11 is 1.95. The molecular formula is C18H25N5OS. The topological polar surface area (TPSA) is 54.3 Å². The molecule has 0 saturated carbocycles. The van der Waals surface area contributed by atoms with Gasteiger partial charge in [0.1, 0.15) is 17.8 Å². The van der Waals surface area contributed by atoms with Crippen molar-refractivity contribution in [1.29, 1.82) is 0 Å². The van der Waals surface area contributed by atoms with E-state index >= 15 is 0 Å². The lowest BCUT2D eigenvalue weighted by Gasteiger charge is -2.34. The maximum atomic E-state index is 12.5. The van der Waals surface area contributed by atoms with Crippen molar-refractivity contribution in [3.63, 3.8) is 0 Å². The summed E-state index contributed by atoms with van der Waals surface area (Å²) in [6.07, 6.45) is 6.52. The van der Waals surface area contributed by atoms with Gasteiger partial charge in [-0.05, 0) is 24.8 Å². The smallest absolute Gasteiger partial charge is 0.222 e. The number of carbonyl (C=O) groups is 1. The maximum absolute atomic E-state index is 12.5. The highest BCUT2D eigenvalue weighted by Crippen LogP contribution is 2.29. The lowest BCUT2D eigenvalue weighted by atomic mass is 9.93. The van der Waals surface area contributed by atoms with E-state index in [4.69, 9.17) is 0 Å². The molecule has 2 aliphatic heterocycles. The Labute approximate surface area is 152 Å². The molecule has 1 amide bonds. The van der Waals surface area contributed by atoms with E-state index in [1.807, 2.05) is 29.6 Å². The van der Waals surface area contributed by atoms with Crippen LogP contribution in [0.25, 0.3) is 11.0 Å². The molecule has 4 rings (SSSR count). The Morgan fingerprint density at radius 1 is 1.20 bits per heavy atom. The molecule has 0 N–H and O–H groups in total. The number of hydrogen-bond acceptors (Lipinski definition) is 5. The second-order valence-corrected chi connectivity index (χ2v) is 8.21. The molecule has 2 saturated heterocycles. The van der Waals surface area contributed by atoms with Crippen molar-refractivity contribution in [1.82, 2.24) is 19.4 Å². The maximum Gasteiger partial charge on any atom is 0.222 e. The average Bonchev–Trinajstić information content (AvgIpc) is 3.04. The van der Waals surface area contributed by atoms with Crippen LogP contribution < -0.4 is 4.90 Å². The van der Waals surface area contributed by atoms with E-state index in [0.717, 1.165) is 67.4 Å². The number of nitrogens with zero attached hydrogens (tertiary/aromatic N) is 5. The minimum absolute atomic E-state index is 0.353. The zero-order valence-corrected chi connectivity index (χ0v) is 15.5. The van der Waals surface area contributed by atoms with Crippen LogP contribution in [-0.2, 0) is 11.8 Å². The highest BCUT2D eigenvalue weighted by Gasteiger charge is 2.26. The van der Waals surface area contributed by atoms with Crippen LogP contribution in [0.3, 0.4) is 0 Å². The first-order chi connectivity index (χ1) is 12.2. The predicted octanol–water partition coefficient (Wildman–Crippen LogP) is 2.15. The number of fused-ring (bicyclic) bond motifs is 1. The molecule has 0 atom stereocenters. The molecular weight excluding hydrogens is 334 g/mol. The monoisotopic (exact) mass is 359 g/mol. The van der Waals surface area contributed by atoms with Gasteiger partial charge in [0.2, 0.25) is 5.91 Å². The molecule has 7 heteroatoms. The van der Waals surface area contributed by atoms with Crippen molar-refractivity contribution >= 4 is 34.5 Å². The fourth-order valence-corrected chi connectivity index (χ4v) is 4.76. The Hall–Kier alpha value is -1.76. The molecule has 25 heavy (non-hydrogen) atoms. The molecule has 6 nitrogen and oxygen atoms in total. The number of carbonyl (C=O) groups excluding carboxylic acids is 1. The molecule has 0 aromatic carbocycles. The van der Waals surface area contributed by atoms with Gasteiger partial charge in [-0.2, -0.15) is 11.8 Å². The Balaban J connectivity index is 1.37. The summed E-state index contributed by atoms with van der Waals surface area (Å²) in [6, 6.07) is 2.09. The molecule has 0 radical (unpaired) electrons. The van der Waals surface area contributed by atoms with E-state index in [0.29, 0.717) is 18.2 Å². The predicted molar refractivity (Wildman–Crippen MR) is 102 cm³/mol. The Kier molecular flexibility index (Phi) is 4.83. The number of aryl methyl sites for hydroxylation is 1. The summed E-state index contributed by atoms with van der Waals surface area (Å²) in [7, 11) is 2.01. The van der Waals surface area contributed by atoms with E-state index < -0.39 is 0 Å². The number of amides is 1. The lowest BCUT2D eigenvalue weighted by molar-refractivity contribution is -0.132. The van der Waals surface area contributed by atoms with Gasteiger partial charge in [0, 0.05) is 57.4 Å². The number of hydrogen-bond donors (Lipinski definition) is 0. The van der Waals surface area contributed by atoms with Gasteiger partial charge in [-0.3, -0.25) is 4.79 Å². The minimum atomic E-state index is 0.353. The van der Waals surface area contributed by atoms with Gasteiger partial charge in [-0.25, -0.2) is 9.97 Å². The third-order valence-corrected chi connectivity index (χ3v) is 6.32. The van der Waals surface area contributed by atoms with E-state index in [9.17, 15) is 4.79 Å². The highest BCUT2D eigenvalue weighted by molar-refractivity contribution is 7.99. The minimum Gasteiger partial charge on any atom is -0.356 e. The van der Waals surface area contributed by atoms with Crippen LogP contribution in [0.1, 0.15) is 19.3 Å². The van der Waals surface area contributed by atoms with Gasteiger partial charge in [0.15, 0.2) is 0 Å². The van der Waals surface area contributed by atoms with E-state index in [1.165, 1.54) is 0 Å². The van der Waals surface area contributed by atoms with E-state index in [2.05, 4.69) is 25.8 Å². The first kappa shape index (κ1) is 16.7. The van der Waals surface area contributed by atoms with Crippen molar-refractivity contribution in [2.24, 2.45) is 13.0 Å². The standard InChI is InChI=1S/C18H25N5OS/c1-21-5-4-15-17(21)19-13-20-18(15)23-6-2-14(3-7-23)12-16(24)22-8-10-25-11-9-22/h4-5,13-14H,2-3,6-12H2,1H3. The van der Waals surface area contributed by atoms with E-state index in [-0.39, 0.29) is 0 Å². The van der Waals surface area contributed by atoms with Crippen molar-refractivity contribution in [2.45, 2.75) is 19.3 Å². The summed E-state index contributed by atoms with van der Waals surface area (Å²) in [5, 5.41) is 1.12.